The highest BCUT2D eigenvalue weighted by atomic mass is 32.2. The van der Waals surface area contributed by atoms with Gasteiger partial charge in [-0.05, 0) is 35.9 Å². The standard InChI is InChI=1S/C28H20N4O2S/c33-25(22-18-29-23-15-8-7-14-21(22)23)26(19-10-3-1-4-11-19)35-28-31-30-27(24-16-9-17-34-24)32(28)20-12-5-2-6-13-20/h1-18,26,29H. The molecule has 170 valence electrons. The molecule has 0 spiro atoms. The van der Waals surface area contributed by atoms with Crippen LogP contribution in [0.4, 0.5) is 0 Å². The minimum Gasteiger partial charge on any atom is -0.461 e. The predicted octanol–water partition coefficient (Wildman–Crippen LogP) is 6.72. The second-order valence-corrected chi connectivity index (χ2v) is 9.05. The van der Waals surface area contributed by atoms with Crippen LogP contribution in [0, 0.1) is 0 Å². The number of fused-ring (bicyclic) bond motifs is 1. The first-order chi connectivity index (χ1) is 17.3. The number of nitrogens with zero attached hydrogens (tertiary/aromatic N) is 3. The van der Waals surface area contributed by atoms with Crippen LogP contribution in [0.3, 0.4) is 0 Å². The number of aromatic amines is 1. The molecule has 0 aliphatic carbocycles. The van der Waals surface area contributed by atoms with Crippen LogP contribution in [0.15, 0.2) is 119 Å². The number of nitrogens with one attached hydrogen (secondary N) is 1. The van der Waals surface area contributed by atoms with Crippen molar-refractivity contribution in [2.24, 2.45) is 0 Å². The van der Waals surface area contributed by atoms with Gasteiger partial charge in [0, 0.05) is 28.4 Å². The second kappa shape index (κ2) is 9.12. The number of hydrogen-bond donors (Lipinski definition) is 1. The van der Waals surface area contributed by atoms with Gasteiger partial charge >= 0.3 is 0 Å². The number of rotatable bonds is 7. The van der Waals surface area contributed by atoms with Gasteiger partial charge in [0.1, 0.15) is 5.25 Å². The summed E-state index contributed by atoms with van der Waals surface area (Å²) in [7, 11) is 0. The number of benzene rings is 3. The van der Waals surface area contributed by atoms with Crippen molar-refractivity contribution in [1.82, 2.24) is 19.7 Å². The van der Waals surface area contributed by atoms with Crippen molar-refractivity contribution < 1.29 is 9.21 Å². The van der Waals surface area contributed by atoms with Gasteiger partial charge in [0.15, 0.2) is 16.7 Å². The number of thioether (sulfide) groups is 1. The van der Waals surface area contributed by atoms with Crippen molar-refractivity contribution in [3.63, 3.8) is 0 Å². The Balaban J connectivity index is 1.47. The molecule has 1 N–H and O–H groups in total. The molecular formula is C28H20N4O2S. The summed E-state index contributed by atoms with van der Waals surface area (Å²) in [5.41, 5.74) is 3.37. The minimum absolute atomic E-state index is 0.000750. The van der Waals surface area contributed by atoms with Crippen LogP contribution >= 0.6 is 11.8 Å². The van der Waals surface area contributed by atoms with Crippen LogP contribution in [-0.4, -0.2) is 25.5 Å². The first-order valence-corrected chi connectivity index (χ1v) is 12.0. The lowest BCUT2D eigenvalue weighted by Gasteiger charge is -2.16. The Labute approximate surface area is 205 Å². The summed E-state index contributed by atoms with van der Waals surface area (Å²) in [5, 5.41) is 9.91. The van der Waals surface area contributed by atoms with Crippen molar-refractivity contribution in [3.8, 4) is 17.3 Å². The van der Waals surface area contributed by atoms with Gasteiger partial charge in [0.05, 0.1) is 6.26 Å². The minimum atomic E-state index is -0.522. The number of para-hydroxylation sites is 2. The van der Waals surface area contributed by atoms with Crippen LogP contribution in [0.1, 0.15) is 21.2 Å². The maximum Gasteiger partial charge on any atom is 0.205 e. The van der Waals surface area contributed by atoms with Gasteiger partial charge in [-0.25, -0.2) is 0 Å². The molecule has 6 rings (SSSR count). The molecule has 0 fully saturated rings. The topological polar surface area (TPSA) is 76.7 Å². The highest BCUT2D eigenvalue weighted by Gasteiger charge is 2.29. The fraction of sp³-hybridized carbons (Fsp3) is 0.0357. The molecule has 0 radical (unpaired) electrons. The van der Waals surface area contributed by atoms with E-state index in [0.717, 1.165) is 22.2 Å². The van der Waals surface area contributed by atoms with E-state index in [-0.39, 0.29) is 5.78 Å². The lowest BCUT2D eigenvalue weighted by atomic mass is 10.0. The van der Waals surface area contributed by atoms with Gasteiger partial charge in [-0.2, -0.15) is 0 Å². The van der Waals surface area contributed by atoms with E-state index < -0.39 is 5.25 Å². The molecule has 3 heterocycles. The third-order valence-corrected chi connectivity index (χ3v) is 7.00. The molecular weight excluding hydrogens is 456 g/mol. The zero-order chi connectivity index (χ0) is 23.6. The normalized spacial score (nSPS) is 12.1. The Morgan fingerprint density at radius 3 is 2.37 bits per heavy atom. The van der Waals surface area contributed by atoms with Crippen molar-refractivity contribution in [3.05, 3.63) is 121 Å². The lowest BCUT2D eigenvalue weighted by Crippen LogP contribution is -2.11. The van der Waals surface area contributed by atoms with E-state index in [9.17, 15) is 4.79 Å². The number of furan rings is 1. The van der Waals surface area contributed by atoms with Crippen molar-refractivity contribution in [2.75, 3.05) is 0 Å². The van der Waals surface area contributed by atoms with E-state index in [4.69, 9.17) is 4.42 Å². The fourth-order valence-electron chi connectivity index (χ4n) is 4.14. The van der Waals surface area contributed by atoms with Gasteiger partial charge < -0.3 is 9.40 Å². The Morgan fingerprint density at radius 1 is 0.857 bits per heavy atom. The molecule has 3 aromatic carbocycles. The van der Waals surface area contributed by atoms with E-state index in [1.165, 1.54) is 11.8 Å². The number of carbonyl (C=O) groups is 1. The number of aromatic nitrogens is 4. The molecule has 0 amide bonds. The van der Waals surface area contributed by atoms with Crippen LogP contribution in [-0.2, 0) is 0 Å². The average molecular weight is 477 g/mol. The quantitative estimate of drug-likeness (QED) is 0.204. The van der Waals surface area contributed by atoms with Crippen LogP contribution in [0.25, 0.3) is 28.2 Å². The number of carbonyl (C=O) groups excluding carboxylic acids is 1. The fourth-order valence-corrected chi connectivity index (χ4v) is 5.27. The molecule has 35 heavy (non-hydrogen) atoms. The van der Waals surface area contributed by atoms with Crippen molar-refractivity contribution in [1.29, 1.82) is 0 Å². The highest BCUT2D eigenvalue weighted by Crippen LogP contribution is 2.40. The third kappa shape index (κ3) is 3.96. The molecule has 0 saturated carbocycles. The molecule has 0 aliphatic rings. The van der Waals surface area contributed by atoms with Crippen molar-refractivity contribution in [2.45, 2.75) is 10.4 Å². The zero-order valence-corrected chi connectivity index (χ0v) is 19.4. The maximum absolute atomic E-state index is 14.0. The van der Waals surface area contributed by atoms with E-state index in [0.29, 0.717) is 22.3 Å². The smallest absolute Gasteiger partial charge is 0.205 e. The van der Waals surface area contributed by atoms with Crippen molar-refractivity contribution >= 4 is 28.4 Å². The van der Waals surface area contributed by atoms with Gasteiger partial charge in [0.2, 0.25) is 5.82 Å². The number of ketones is 1. The molecule has 0 saturated heterocycles. The molecule has 1 unspecified atom stereocenters. The Hall–Kier alpha value is -4.36. The SMILES string of the molecule is O=C(c1c[nH]c2ccccc12)C(Sc1nnc(-c2ccco2)n1-c1ccccc1)c1ccccc1. The zero-order valence-electron chi connectivity index (χ0n) is 18.5. The summed E-state index contributed by atoms with van der Waals surface area (Å²) in [6.07, 6.45) is 3.40. The maximum atomic E-state index is 14.0. The molecule has 3 aromatic heterocycles. The Morgan fingerprint density at radius 2 is 1.60 bits per heavy atom. The molecule has 1 atom stereocenters. The van der Waals surface area contributed by atoms with E-state index in [1.807, 2.05) is 102 Å². The number of hydrogen-bond acceptors (Lipinski definition) is 5. The lowest BCUT2D eigenvalue weighted by molar-refractivity contribution is 0.0991. The van der Waals surface area contributed by atoms with Gasteiger partial charge in [0.25, 0.3) is 0 Å². The summed E-state index contributed by atoms with van der Waals surface area (Å²) < 4.78 is 7.57. The monoisotopic (exact) mass is 476 g/mol. The molecule has 0 bridgehead atoms. The predicted molar refractivity (Wildman–Crippen MR) is 137 cm³/mol. The van der Waals surface area contributed by atoms with Crippen LogP contribution < -0.4 is 0 Å². The Kier molecular flexibility index (Phi) is 5.52. The summed E-state index contributed by atoms with van der Waals surface area (Å²) in [4.78, 5) is 17.2. The van der Waals surface area contributed by atoms with E-state index in [1.54, 1.807) is 12.5 Å². The number of H-pyrrole nitrogens is 1. The first kappa shape index (κ1) is 21.2. The van der Waals surface area contributed by atoms with E-state index >= 15 is 0 Å². The third-order valence-electron chi connectivity index (χ3n) is 5.81. The summed E-state index contributed by atoms with van der Waals surface area (Å²) in [6.45, 7) is 0. The largest absolute Gasteiger partial charge is 0.461 e. The van der Waals surface area contributed by atoms with E-state index in [2.05, 4.69) is 15.2 Å². The first-order valence-electron chi connectivity index (χ1n) is 11.2. The van der Waals surface area contributed by atoms with Gasteiger partial charge in [-0.3, -0.25) is 9.36 Å². The Bertz CT molecular complexity index is 1590. The highest BCUT2D eigenvalue weighted by molar-refractivity contribution is 8.00. The molecule has 0 aliphatic heterocycles. The van der Waals surface area contributed by atoms with Crippen LogP contribution in [0.2, 0.25) is 0 Å². The van der Waals surface area contributed by atoms with Gasteiger partial charge in [-0.15, -0.1) is 10.2 Å². The summed E-state index contributed by atoms with van der Waals surface area (Å²) >= 11 is 1.38. The molecule has 7 heteroatoms. The van der Waals surface area contributed by atoms with Gasteiger partial charge in [-0.1, -0.05) is 78.5 Å². The number of Topliss-reactive ketones (excluding diaryl/α,β-unsaturated/α-hetero) is 1. The molecule has 6 aromatic rings. The second-order valence-electron chi connectivity index (χ2n) is 7.98. The summed E-state index contributed by atoms with van der Waals surface area (Å²) in [6, 6.07) is 31.1. The van der Waals surface area contributed by atoms with Crippen LogP contribution in [0.5, 0.6) is 0 Å². The summed E-state index contributed by atoms with van der Waals surface area (Å²) in [5.74, 6) is 1.18. The average Bonchev–Trinajstić information content (AvgIpc) is 3.67. The molecule has 6 nitrogen and oxygen atoms in total.